The fraction of sp³-hybridized carbons (Fsp3) is 1.00. The Morgan fingerprint density at radius 1 is 1.09 bits per heavy atom. The molecular formula is C20H38O2. The predicted octanol–water partition coefficient (Wildman–Crippen LogP) is 4.92. The lowest BCUT2D eigenvalue weighted by Crippen LogP contribution is -2.57. The molecule has 0 bridgehead atoms. The average molecular weight is 311 g/mol. The van der Waals surface area contributed by atoms with Crippen LogP contribution >= 0.6 is 0 Å². The minimum Gasteiger partial charge on any atom is -0.390 e. The van der Waals surface area contributed by atoms with Crippen LogP contribution in [0.25, 0.3) is 0 Å². The van der Waals surface area contributed by atoms with E-state index in [1.807, 2.05) is 20.8 Å². The van der Waals surface area contributed by atoms with Gasteiger partial charge in [-0.1, -0.05) is 34.1 Å². The highest BCUT2D eigenvalue weighted by atomic mass is 16.3. The minimum atomic E-state index is -0.594. The third-order valence-electron chi connectivity index (χ3n) is 7.50. The Kier molecular flexibility index (Phi) is 4.79. The zero-order valence-electron chi connectivity index (χ0n) is 15.7. The average Bonchev–Trinajstić information content (AvgIpc) is 2.35. The molecule has 0 amide bonds. The van der Waals surface area contributed by atoms with E-state index in [4.69, 9.17) is 0 Å². The van der Waals surface area contributed by atoms with Gasteiger partial charge in [-0.15, -0.1) is 0 Å². The normalized spacial score (nSPS) is 44.2. The highest BCUT2D eigenvalue weighted by molar-refractivity contribution is 5.07. The maximum atomic E-state index is 11.1. The van der Waals surface area contributed by atoms with E-state index in [-0.39, 0.29) is 5.41 Å². The van der Waals surface area contributed by atoms with E-state index in [0.29, 0.717) is 17.3 Å². The molecule has 0 aromatic carbocycles. The van der Waals surface area contributed by atoms with E-state index in [2.05, 4.69) is 20.8 Å². The van der Waals surface area contributed by atoms with Gasteiger partial charge >= 0.3 is 0 Å². The summed E-state index contributed by atoms with van der Waals surface area (Å²) in [6, 6.07) is 0. The van der Waals surface area contributed by atoms with Crippen LogP contribution in [0, 0.1) is 22.7 Å². The standard InChI is InChI=1S/C20H38O2/c1-7-18(4,21)13-9-16-19(5)12-8-11-17(2,3)15(19)10-14-20(16,6)22/h15-16,21-22H,7-14H2,1-6H3/t15-,16+,18+,19-,20+/m0/s1. The summed E-state index contributed by atoms with van der Waals surface area (Å²) in [7, 11) is 0. The van der Waals surface area contributed by atoms with Crippen LogP contribution in [-0.2, 0) is 0 Å². The molecule has 0 aromatic rings. The zero-order valence-corrected chi connectivity index (χ0v) is 15.7. The van der Waals surface area contributed by atoms with Crippen LogP contribution in [0.1, 0.15) is 92.9 Å². The van der Waals surface area contributed by atoms with Crippen LogP contribution in [0.4, 0.5) is 0 Å². The maximum absolute atomic E-state index is 11.1. The molecule has 2 saturated carbocycles. The Balaban J connectivity index is 2.26. The summed E-state index contributed by atoms with van der Waals surface area (Å²) in [5, 5.41) is 21.5. The van der Waals surface area contributed by atoms with Crippen LogP contribution in [-0.4, -0.2) is 21.4 Å². The molecule has 130 valence electrons. The fourth-order valence-corrected chi connectivity index (χ4v) is 5.90. The molecule has 0 aromatic heterocycles. The van der Waals surface area contributed by atoms with Crippen LogP contribution < -0.4 is 0 Å². The largest absolute Gasteiger partial charge is 0.390 e. The van der Waals surface area contributed by atoms with Gasteiger partial charge < -0.3 is 10.2 Å². The Hall–Kier alpha value is -0.0800. The summed E-state index contributed by atoms with van der Waals surface area (Å²) in [5.41, 5.74) is -0.575. The highest BCUT2D eigenvalue weighted by Crippen LogP contribution is 2.63. The van der Waals surface area contributed by atoms with Crippen molar-refractivity contribution in [3.05, 3.63) is 0 Å². The Morgan fingerprint density at radius 2 is 1.73 bits per heavy atom. The maximum Gasteiger partial charge on any atom is 0.0653 e. The van der Waals surface area contributed by atoms with E-state index in [1.165, 1.54) is 19.3 Å². The minimum absolute atomic E-state index is 0.216. The van der Waals surface area contributed by atoms with E-state index in [0.717, 1.165) is 32.1 Å². The van der Waals surface area contributed by atoms with Crippen molar-refractivity contribution in [2.45, 2.75) is 104 Å². The second-order valence-electron chi connectivity index (χ2n) is 9.74. The zero-order chi connectivity index (χ0) is 16.8. The van der Waals surface area contributed by atoms with Crippen LogP contribution in [0.15, 0.2) is 0 Å². The SMILES string of the molecule is CC[C@@](C)(O)CC[C@@H]1[C@@]2(C)CCCC(C)(C)[C@@H]2CC[C@@]1(C)O. The molecule has 0 heterocycles. The van der Waals surface area contributed by atoms with Gasteiger partial charge in [-0.25, -0.2) is 0 Å². The highest BCUT2D eigenvalue weighted by Gasteiger charge is 2.57. The fourth-order valence-electron chi connectivity index (χ4n) is 5.90. The molecule has 0 aliphatic heterocycles. The summed E-state index contributed by atoms with van der Waals surface area (Å²) in [5.74, 6) is 1.00. The Bertz CT molecular complexity index is 397. The molecule has 2 fully saturated rings. The molecule has 0 saturated heterocycles. The molecule has 2 aliphatic rings. The van der Waals surface area contributed by atoms with Gasteiger partial charge in [-0.3, -0.25) is 0 Å². The van der Waals surface area contributed by atoms with E-state index in [9.17, 15) is 10.2 Å². The van der Waals surface area contributed by atoms with E-state index in [1.54, 1.807) is 0 Å². The topological polar surface area (TPSA) is 40.5 Å². The summed E-state index contributed by atoms with van der Waals surface area (Å²) < 4.78 is 0. The van der Waals surface area contributed by atoms with Gasteiger partial charge in [0.05, 0.1) is 11.2 Å². The first-order valence-corrected chi connectivity index (χ1v) is 9.39. The first kappa shape index (κ1) is 18.3. The summed E-state index contributed by atoms with van der Waals surface area (Å²) in [4.78, 5) is 0. The lowest BCUT2D eigenvalue weighted by Gasteiger charge is -2.61. The first-order chi connectivity index (χ1) is 9.95. The Labute approximate surface area is 137 Å². The number of rotatable bonds is 4. The van der Waals surface area contributed by atoms with Crippen molar-refractivity contribution in [3.8, 4) is 0 Å². The molecule has 22 heavy (non-hydrogen) atoms. The van der Waals surface area contributed by atoms with Crippen molar-refractivity contribution < 1.29 is 10.2 Å². The van der Waals surface area contributed by atoms with Gasteiger partial charge in [0, 0.05) is 0 Å². The molecule has 2 nitrogen and oxygen atoms in total. The van der Waals surface area contributed by atoms with Crippen LogP contribution in [0.5, 0.6) is 0 Å². The van der Waals surface area contributed by atoms with Crippen molar-refractivity contribution in [3.63, 3.8) is 0 Å². The van der Waals surface area contributed by atoms with E-state index < -0.39 is 11.2 Å². The van der Waals surface area contributed by atoms with Gasteiger partial charge in [-0.2, -0.15) is 0 Å². The number of hydrogen-bond donors (Lipinski definition) is 2. The molecular weight excluding hydrogens is 272 g/mol. The molecule has 5 atom stereocenters. The second kappa shape index (κ2) is 5.77. The molecule has 2 heteroatoms. The van der Waals surface area contributed by atoms with Crippen LogP contribution in [0.2, 0.25) is 0 Å². The first-order valence-electron chi connectivity index (χ1n) is 9.39. The number of hydrogen-bond acceptors (Lipinski definition) is 2. The summed E-state index contributed by atoms with van der Waals surface area (Å²) >= 11 is 0. The Morgan fingerprint density at radius 3 is 2.32 bits per heavy atom. The number of fused-ring (bicyclic) bond motifs is 1. The quantitative estimate of drug-likeness (QED) is 0.773. The number of aliphatic hydroxyl groups is 2. The van der Waals surface area contributed by atoms with Crippen molar-refractivity contribution in [2.24, 2.45) is 22.7 Å². The molecule has 2 N–H and O–H groups in total. The van der Waals surface area contributed by atoms with Crippen molar-refractivity contribution in [1.29, 1.82) is 0 Å². The van der Waals surface area contributed by atoms with Gasteiger partial charge in [0.15, 0.2) is 0 Å². The van der Waals surface area contributed by atoms with E-state index >= 15 is 0 Å². The molecule has 0 radical (unpaired) electrons. The molecule has 2 rings (SSSR count). The van der Waals surface area contributed by atoms with Gasteiger partial charge in [0.25, 0.3) is 0 Å². The lowest BCUT2D eigenvalue weighted by atomic mass is 9.45. The second-order valence-corrected chi connectivity index (χ2v) is 9.74. The summed E-state index contributed by atoms with van der Waals surface area (Å²) in [6.07, 6.45) is 8.41. The third kappa shape index (κ3) is 3.24. The monoisotopic (exact) mass is 310 g/mol. The summed E-state index contributed by atoms with van der Waals surface area (Å²) in [6.45, 7) is 13.3. The predicted molar refractivity (Wildman–Crippen MR) is 92.7 cm³/mol. The molecule has 0 unspecified atom stereocenters. The van der Waals surface area contributed by atoms with Gasteiger partial charge in [0.2, 0.25) is 0 Å². The van der Waals surface area contributed by atoms with Crippen LogP contribution in [0.3, 0.4) is 0 Å². The smallest absolute Gasteiger partial charge is 0.0653 e. The van der Waals surface area contributed by atoms with Crippen molar-refractivity contribution >= 4 is 0 Å². The van der Waals surface area contributed by atoms with Gasteiger partial charge in [0.1, 0.15) is 0 Å². The molecule has 0 spiro atoms. The molecule has 2 aliphatic carbocycles. The van der Waals surface area contributed by atoms with Crippen molar-refractivity contribution in [1.82, 2.24) is 0 Å². The third-order valence-corrected chi connectivity index (χ3v) is 7.50. The lowest BCUT2D eigenvalue weighted by molar-refractivity contribution is -0.172. The van der Waals surface area contributed by atoms with Gasteiger partial charge in [-0.05, 0) is 81.5 Å². The van der Waals surface area contributed by atoms with Crippen molar-refractivity contribution in [2.75, 3.05) is 0 Å².